The van der Waals surface area contributed by atoms with Crippen LogP contribution in [0.2, 0.25) is 0 Å². The number of piperidine rings is 1. The van der Waals surface area contributed by atoms with Crippen LogP contribution < -0.4 is 10.1 Å². The third-order valence-corrected chi connectivity index (χ3v) is 7.25. The van der Waals surface area contributed by atoms with E-state index in [2.05, 4.69) is 5.32 Å². The number of carbonyl (C=O) groups excluding carboxylic acids is 2. The van der Waals surface area contributed by atoms with Gasteiger partial charge in [-0.1, -0.05) is 24.6 Å². The van der Waals surface area contributed by atoms with Gasteiger partial charge in [-0.15, -0.1) is 0 Å². The van der Waals surface area contributed by atoms with Gasteiger partial charge in [-0.2, -0.15) is 4.31 Å². The third kappa shape index (κ3) is 5.01. The van der Waals surface area contributed by atoms with Crippen LogP contribution in [0.25, 0.3) is 11.0 Å². The molecule has 4 rings (SSSR count). The minimum atomic E-state index is -3.69. The van der Waals surface area contributed by atoms with Crippen LogP contribution in [0.3, 0.4) is 0 Å². The highest BCUT2D eigenvalue weighted by molar-refractivity contribution is 7.89. The van der Waals surface area contributed by atoms with Crippen LogP contribution in [0.1, 0.15) is 29.8 Å². The maximum atomic E-state index is 13.0. The molecule has 1 aliphatic heterocycles. The summed E-state index contributed by atoms with van der Waals surface area (Å²) in [4.78, 5) is 24.7. The van der Waals surface area contributed by atoms with Gasteiger partial charge in [-0.3, -0.25) is 4.79 Å². The second-order valence-corrected chi connectivity index (χ2v) is 9.54. The highest BCUT2D eigenvalue weighted by Gasteiger charge is 2.27. The highest BCUT2D eigenvalue weighted by atomic mass is 32.2. The number of fused-ring (bicyclic) bond motifs is 1. The van der Waals surface area contributed by atoms with E-state index in [4.69, 9.17) is 13.9 Å². The lowest BCUT2D eigenvalue weighted by Gasteiger charge is -2.26. The Labute approximate surface area is 191 Å². The van der Waals surface area contributed by atoms with Crippen molar-refractivity contribution >= 4 is 38.6 Å². The van der Waals surface area contributed by atoms with Crippen molar-refractivity contribution in [1.29, 1.82) is 0 Å². The normalized spacial score (nSPS) is 14.7. The third-order valence-electron chi connectivity index (χ3n) is 5.36. The summed E-state index contributed by atoms with van der Waals surface area (Å²) in [6.07, 6.45) is 2.63. The van der Waals surface area contributed by atoms with E-state index in [9.17, 15) is 18.0 Å². The molecule has 0 radical (unpaired) electrons. The van der Waals surface area contributed by atoms with Gasteiger partial charge in [0.1, 0.15) is 11.3 Å². The van der Waals surface area contributed by atoms with Crippen molar-refractivity contribution in [1.82, 2.24) is 4.31 Å². The number of anilines is 1. The molecule has 3 aromatic rings. The molecule has 174 valence electrons. The fraction of sp³-hybridized carbons (Fsp3) is 0.304. The Bertz CT molecular complexity index is 1240. The van der Waals surface area contributed by atoms with Gasteiger partial charge in [-0.25, -0.2) is 13.2 Å². The number of furan rings is 1. The molecule has 0 bridgehead atoms. The minimum absolute atomic E-state index is 0.0174. The van der Waals surface area contributed by atoms with E-state index in [1.54, 1.807) is 18.2 Å². The monoisotopic (exact) mass is 472 g/mol. The molecule has 1 aromatic heterocycles. The summed E-state index contributed by atoms with van der Waals surface area (Å²) in [6.45, 7) is 0.351. The van der Waals surface area contributed by atoms with Gasteiger partial charge < -0.3 is 19.2 Å². The van der Waals surface area contributed by atoms with Crippen LogP contribution in [0.5, 0.6) is 5.75 Å². The summed E-state index contributed by atoms with van der Waals surface area (Å²) in [5.74, 6) is -1.17. The van der Waals surface area contributed by atoms with Gasteiger partial charge in [0, 0.05) is 18.5 Å². The van der Waals surface area contributed by atoms with Gasteiger partial charge >= 0.3 is 5.97 Å². The predicted octanol–water partition coefficient (Wildman–Crippen LogP) is 3.41. The average molecular weight is 473 g/mol. The van der Waals surface area contributed by atoms with Crippen LogP contribution in [-0.4, -0.2) is 51.4 Å². The number of carbonyl (C=O) groups is 2. The molecule has 0 atom stereocenters. The summed E-state index contributed by atoms with van der Waals surface area (Å²) in [5.41, 5.74) is 0.700. The molecule has 1 fully saturated rings. The van der Waals surface area contributed by atoms with Gasteiger partial charge in [-0.05, 0) is 43.2 Å². The standard InChI is InChI=1S/C23H24N2O7S/c1-30-20-10-9-17(33(28,29)25-11-5-2-6-12-25)14-18(20)24-22(26)15-31-23(27)21-13-16-7-3-4-8-19(16)32-21/h3-4,7-10,13-14H,2,5-6,11-12,15H2,1H3,(H,24,26). The Morgan fingerprint density at radius 2 is 1.82 bits per heavy atom. The second-order valence-electron chi connectivity index (χ2n) is 7.60. The maximum Gasteiger partial charge on any atom is 0.374 e. The number of nitrogens with one attached hydrogen (secondary N) is 1. The summed E-state index contributed by atoms with van der Waals surface area (Å²) in [7, 11) is -2.28. The number of esters is 1. The molecule has 1 saturated heterocycles. The summed E-state index contributed by atoms with van der Waals surface area (Å²) < 4.78 is 43.1. The van der Waals surface area contributed by atoms with Crippen molar-refractivity contribution in [2.45, 2.75) is 24.2 Å². The molecule has 2 aromatic carbocycles. The molecule has 9 nitrogen and oxygen atoms in total. The van der Waals surface area contributed by atoms with Crippen molar-refractivity contribution < 1.29 is 31.9 Å². The number of para-hydroxylation sites is 1. The first-order valence-corrected chi connectivity index (χ1v) is 12.0. The van der Waals surface area contributed by atoms with E-state index >= 15 is 0 Å². The zero-order valence-corrected chi connectivity index (χ0v) is 18.9. The molecule has 10 heteroatoms. The molecule has 33 heavy (non-hydrogen) atoms. The van der Waals surface area contributed by atoms with Gasteiger partial charge in [0.05, 0.1) is 17.7 Å². The maximum absolute atomic E-state index is 13.0. The molecular weight excluding hydrogens is 448 g/mol. The van der Waals surface area contributed by atoms with Gasteiger partial charge in [0.2, 0.25) is 15.8 Å². The first-order chi connectivity index (χ1) is 15.9. The minimum Gasteiger partial charge on any atom is -0.495 e. The van der Waals surface area contributed by atoms with E-state index < -0.39 is 28.5 Å². The number of rotatable bonds is 7. The number of benzene rings is 2. The second kappa shape index (κ2) is 9.63. The van der Waals surface area contributed by atoms with Gasteiger partial charge in [0.25, 0.3) is 5.91 Å². The summed E-state index contributed by atoms with van der Waals surface area (Å²) in [5, 5.41) is 3.30. The fourth-order valence-electron chi connectivity index (χ4n) is 3.67. The lowest BCUT2D eigenvalue weighted by molar-refractivity contribution is -0.119. The number of amides is 1. The molecule has 1 N–H and O–H groups in total. The van der Waals surface area contributed by atoms with E-state index in [0.717, 1.165) is 24.6 Å². The summed E-state index contributed by atoms with van der Waals surface area (Å²) >= 11 is 0. The van der Waals surface area contributed by atoms with Gasteiger partial charge in [0.15, 0.2) is 6.61 Å². The Morgan fingerprint density at radius 3 is 2.55 bits per heavy atom. The molecule has 1 aliphatic rings. The first-order valence-electron chi connectivity index (χ1n) is 10.5. The van der Waals surface area contributed by atoms with Crippen LogP contribution in [-0.2, 0) is 19.6 Å². The number of nitrogens with zero attached hydrogens (tertiary/aromatic N) is 1. The summed E-state index contributed by atoms with van der Waals surface area (Å²) in [6, 6.07) is 12.9. The Hall–Kier alpha value is -3.37. The number of sulfonamides is 1. The molecule has 0 spiro atoms. The smallest absolute Gasteiger partial charge is 0.374 e. The Morgan fingerprint density at radius 1 is 1.06 bits per heavy atom. The van der Waals surface area contributed by atoms with Crippen molar-refractivity contribution in [3.05, 3.63) is 54.3 Å². The molecule has 0 aliphatic carbocycles. The Balaban J connectivity index is 1.44. The molecule has 0 unspecified atom stereocenters. The molecule has 0 saturated carbocycles. The lowest BCUT2D eigenvalue weighted by atomic mass is 10.2. The SMILES string of the molecule is COc1ccc(S(=O)(=O)N2CCCCC2)cc1NC(=O)COC(=O)c1cc2ccccc2o1. The van der Waals surface area contributed by atoms with Crippen LogP contribution in [0.15, 0.2) is 57.8 Å². The molecular formula is C23H24N2O7S. The first kappa shape index (κ1) is 22.8. The largest absolute Gasteiger partial charge is 0.495 e. The van der Waals surface area contributed by atoms with Crippen molar-refractivity contribution in [3.63, 3.8) is 0 Å². The van der Waals surface area contributed by atoms with Crippen molar-refractivity contribution in [3.8, 4) is 5.75 Å². The molecule has 1 amide bonds. The van der Waals surface area contributed by atoms with E-state index in [1.807, 2.05) is 6.07 Å². The Kier molecular flexibility index (Phi) is 6.66. The number of hydrogen-bond donors (Lipinski definition) is 1. The van der Waals surface area contributed by atoms with E-state index in [-0.39, 0.29) is 22.1 Å². The van der Waals surface area contributed by atoms with Crippen LogP contribution in [0.4, 0.5) is 5.69 Å². The van der Waals surface area contributed by atoms with Crippen LogP contribution >= 0.6 is 0 Å². The number of hydrogen-bond acceptors (Lipinski definition) is 7. The van der Waals surface area contributed by atoms with E-state index in [1.165, 1.54) is 35.7 Å². The van der Waals surface area contributed by atoms with Crippen LogP contribution in [0, 0.1) is 0 Å². The van der Waals surface area contributed by atoms with Crippen molar-refractivity contribution in [2.24, 2.45) is 0 Å². The fourth-order valence-corrected chi connectivity index (χ4v) is 5.21. The topological polar surface area (TPSA) is 115 Å². The zero-order valence-electron chi connectivity index (χ0n) is 18.1. The highest BCUT2D eigenvalue weighted by Crippen LogP contribution is 2.30. The van der Waals surface area contributed by atoms with Crippen molar-refractivity contribution in [2.75, 3.05) is 32.1 Å². The predicted molar refractivity (Wildman–Crippen MR) is 121 cm³/mol. The molecule has 2 heterocycles. The zero-order chi connectivity index (χ0) is 23.4. The van der Waals surface area contributed by atoms with E-state index in [0.29, 0.717) is 18.7 Å². The average Bonchev–Trinajstić information content (AvgIpc) is 3.27. The number of ether oxygens (including phenoxy) is 2. The quantitative estimate of drug-likeness (QED) is 0.524. The lowest BCUT2D eigenvalue weighted by Crippen LogP contribution is -2.35. The number of methoxy groups -OCH3 is 1.